The van der Waals surface area contributed by atoms with E-state index < -0.39 is 12.0 Å². The molecule has 0 radical (unpaired) electrons. The lowest BCUT2D eigenvalue weighted by molar-refractivity contribution is -0.146. The van der Waals surface area contributed by atoms with Crippen LogP contribution in [0.15, 0.2) is 0 Å². The molecule has 1 aliphatic carbocycles. The summed E-state index contributed by atoms with van der Waals surface area (Å²) in [6, 6.07) is -0.230. The maximum Gasteiger partial charge on any atom is 0.320 e. The Morgan fingerprint density at radius 1 is 1.10 bits per heavy atom. The number of carboxylic acid groups (broad SMARTS) is 1. The SMILES string of the molecule is CC1CCC(NC(=O)CN2CCC(C)CC2C(=O)O)CC1. The van der Waals surface area contributed by atoms with Crippen molar-refractivity contribution < 1.29 is 14.7 Å². The molecule has 2 rings (SSSR count). The van der Waals surface area contributed by atoms with Gasteiger partial charge in [0.25, 0.3) is 0 Å². The van der Waals surface area contributed by atoms with Crippen LogP contribution >= 0.6 is 0 Å². The number of nitrogens with zero attached hydrogens (tertiary/aromatic N) is 1. The highest BCUT2D eigenvalue weighted by molar-refractivity contribution is 5.80. The third-order valence-electron chi connectivity index (χ3n) is 4.99. The van der Waals surface area contributed by atoms with Gasteiger partial charge in [0.15, 0.2) is 0 Å². The number of hydrogen-bond donors (Lipinski definition) is 2. The molecule has 2 atom stereocenters. The molecule has 2 aliphatic rings. The highest BCUT2D eigenvalue weighted by atomic mass is 16.4. The van der Waals surface area contributed by atoms with Crippen LogP contribution in [0.4, 0.5) is 0 Å². The molecule has 21 heavy (non-hydrogen) atoms. The lowest BCUT2D eigenvalue weighted by Gasteiger charge is -2.36. The zero-order chi connectivity index (χ0) is 15.4. The van der Waals surface area contributed by atoms with E-state index in [0.29, 0.717) is 18.9 Å². The number of carbonyl (C=O) groups excluding carboxylic acids is 1. The van der Waals surface area contributed by atoms with Gasteiger partial charge in [0.2, 0.25) is 5.91 Å². The van der Waals surface area contributed by atoms with Gasteiger partial charge < -0.3 is 10.4 Å². The second-order valence-corrected chi connectivity index (χ2v) is 6.98. The van der Waals surface area contributed by atoms with Crippen LogP contribution in [-0.2, 0) is 9.59 Å². The molecule has 1 amide bonds. The molecule has 5 nitrogen and oxygen atoms in total. The van der Waals surface area contributed by atoms with Crippen LogP contribution in [0.1, 0.15) is 52.4 Å². The number of hydrogen-bond acceptors (Lipinski definition) is 3. The topological polar surface area (TPSA) is 69.6 Å². The van der Waals surface area contributed by atoms with Crippen LogP contribution in [0, 0.1) is 11.8 Å². The first kappa shape index (κ1) is 16.3. The van der Waals surface area contributed by atoms with Crippen molar-refractivity contribution in [2.45, 2.75) is 64.5 Å². The van der Waals surface area contributed by atoms with E-state index in [1.54, 1.807) is 0 Å². The lowest BCUT2D eigenvalue weighted by atomic mass is 9.87. The largest absolute Gasteiger partial charge is 0.480 e. The summed E-state index contributed by atoms with van der Waals surface area (Å²) in [5.74, 6) is 0.361. The molecule has 1 saturated carbocycles. The van der Waals surface area contributed by atoms with Gasteiger partial charge in [-0.1, -0.05) is 13.8 Å². The monoisotopic (exact) mass is 296 g/mol. The second-order valence-electron chi connectivity index (χ2n) is 6.98. The fourth-order valence-electron chi connectivity index (χ4n) is 3.50. The van der Waals surface area contributed by atoms with Crippen LogP contribution in [0.2, 0.25) is 0 Å². The van der Waals surface area contributed by atoms with E-state index in [-0.39, 0.29) is 18.5 Å². The Balaban J connectivity index is 1.82. The maximum atomic E-state index is 12.2. The van der Waals surface area contributed by atoms with Gasteiger partial charge in [-0.05, 0) is 56.9 Å². The first-order valence-corrected chi connectivity index (χ1v) is 8.22. The average molecular weight is 296 g/mol. The van der Waals surface area contributed by atoms with Crippen molar-refractivity contribution in [3.63, 3.8) is 0 Å². The molecule has 1 heterocycles. The molecule has 2 N–H and O–H groups in total. The van der Waals surface area contributed by atoms with Crippen molar-refractivity contribution in [3.05, 3.63) is 0 Å². The summed E-state index contributed by atoms with van der Waals surface area (Å²) in [6.45, 7) is 5.25. The summed E-state index contributed by atoms with van der Waals surface area (Å²) in [5.41, 5.74) is 0. The number of carbonyl (C=O) groups is 2. The fraction of sp³-hybridized carbons (Fsp3) is 0.875. The molecule has 0 bridgehead atoms. The van der Waals surface area contributed by atoms with Gasteiger partial charge >= 0.3 is 5.97 Å². The Hall–Kier alpha value is -1.10. The van der Waals surface area contributed by atoms with Gasteiger partial charge in [-0.25, -0.2) is 0 Å². The minimum absolute atomic E-state index is 0.0182. The van der Waals surface area contributed by atoms with Crippen LogP contribution in [0.5, 0.6) is 0 Å². The first-order chi connectivity index (χ1) is 9.95. The predicted molar refractivity (Wildman–Crippen MR) is 81.0 cm³/mol. The van der Waals surface area contributed by atoms with E-state index in [1.807, 2.05) is 4.90 Å². The summed E-state index contributed by atoms with van der Waals surface area (Å²) >= 11 is 0. The molecule has 2 fully saturated rings. The lowest BCUT2D eigenvalue weighted by Crippen LogP contribution is -2.51. The number of carboxylic acids is 1. The molecule has 5 heteroatoms. The van der Waals surface area contributed by atoms with Crippen molar-refractivity contribution in [1.29, 1.82) is 0 Å². The normalized spacial score (nSPS) is 34.4. The molecular formula is C16H28N2O3. The van der Waals surface area contributed by atoms with Crippen molar-refractivity contribution >= 4 is 11.9 Å². The number of nitrogens with one attached hydrogen (secondary N) is 1. The van der Waals surface area contributed by atoms with Crippen LogP contribution in [-0.4, -0.2) is 47.1 Å². The summed E-state index contributed by atoms with van der Waals surface area (Å²) < 4.78 is 0. The highest BCUT2D eigenvalue weighted by Crippen LogP contribution is 2.24. The molecule has 1 saturated heterocycles. The van der Waals surface area contributed by atoms with Crippen molar-refractivity contribution in [1.82, 2.24) is 10.2 Å². The third-order valence-corrected chi connectivity index (χ3v) is 4.99. The Morgan fingerprint density at radius 2 is 1.76 bits per heavy atom. The van der Waals surface area contributed by atoms with Crippen molar-refractivity contribution in [3.8, 4) is 0 Å². The average Bonchev–Trinajstić information content (AvgIpc) is 2.43. The molecular weight excluding hydrogens is 268 g/mol. The van der Waals surface area contributed by atoms with Crippen molar-refractivity contribution in [2.24, 2.45) is 11.8 Å². The van der Waals surface area contributed by atoms with E-state index >= 15 is 0 Å². The highest BCUT2D eigenvalue weighted by Gasteiger charge is 2.33. The molecule has 0 spiro atoms. The second kappa shape index (κ2) is 7.25. The van der Waals surface area contributed by atoms with Gasteiger partial charge in [0.1, 0.15) is 6.04 Å². The molecule has 0 aromatic rings. The Labute approximate surface area is 127 Å². The summed E-state index contributed by atoms with van der Waals surface area (Å²) in [4.78, 5) is 25.3. The fourth-order valence-corrected chi connectivity index (χ4v) is 3.50. The first-order valence-electron chi connectivity index (χ1n) is 8.22. The zero-order valence-corrected chi connectivity index (χ0v) is 13.2. The quantitative estimate of drug-likeness (QED) is 0.831. The Bertz CT molecular complexity index is 378. The van der Waals surface area contributed by atoms with Gasteiger partial charge in [0, 0.05) is 6.04 Å². The van der Waals surface area contributed by atoms with E-state index in [1.165, 1.54) is 12.8 Å². The van der Waals surface area contributed by atoms with E-state index in [0.717, 1.165) is 25.2 Å². The summed E-state index contributed by atoms with van der Waals surface area (Å²) in [7, 11) is 0. The number of likely N-dealkylation sites (tertiary alicyclic amines) is 1. The molecule has 120 valence electrons. The van der Waals surface area contributed by atoms with E-state index in [9.17, 15) is 14.7 Å². The Kier molecular flexibility index (Phi) is 5.62. The zero-order valence-electron chi connectivity index (χ0n) is 13.2. The molecule has 1 aliphatic heterocycles. The van der Waals surface area contributed by atoms with Crippen LogP contribution in [0.25, 0.3) is 0 Å². The van der Waals surface area contributed by atoms with Crippen molar-refractivity contribution in [2.75, 3.05) is 13.1 Å². The summed E-state index contributed by atoms with van der Waals surface area (Å²) in [5, 5.41) is 12.4. The predicted octanol–water partition coefficient (Wildman–Crippen LogP) is 1.87. The number of piperidine rings is 1. The minimum atomic E-state index is -0.805. The number of rotatable bonds is 4. The third kappa shape index (κ3) is 4.70. The summed E-state index contributed by atoms with van der Waals surface area (Å²) in [6.07, 6.45) is 6.05. The minimum Gasteiger partial charge on any atom is -0.480 e. The van der Waals surface area contributed by atoms with Crippen LogP contribution < -0.4 is 5.32 Å². The van der Waals surface area contributed by atoms with Gasteiger partial charge in [0.05, 0.1) is 6.54 Å². The number of amides is 1. The van der Waals surface area contributed by atoms with E-state index in [2.05, 4.69) is 19.2 Å². The van der Waals surface area contributed by atoms with Gasteiger partial charge in [-0.3, -0.25) is 14.5 Å². The van der Waals surface area contributed by atoms with Gasteiger partial charge in [-0.2, -0.15) is 0 Å². The van der Waals surface area contributed by atoms with E-state index in [4.69, 9.17) is 0 Å². The maximum absolute atomic E-state index is 12.2. The van der Waals surface area contributed by atoms with Crippen LogP contribution in [0.3, 0.4) is 0 Å². The molecule has 0 aromatic heterocycles. The van der Waals surface area contributed by atoms with Gasteiger partial charge in [-0.15, -0.1) is 0 Å². The molecule has 2 unspecified atom stereocenters. The smallest absolute Gasteiger partial charge is 0.320 e. The number of aliphatic carboxylic acids is 1. The molecule has 0 aromatic carbocycles. The Morgan fingerprint density at radius 3 is 2.38 bits per heavy atom. The standard InChI is InChI=1S/C16H28N2O3/c1-11-3-5-13(6-4-11)17-15(19)10-18-8-7-12(2)9-14(18)16(20)21/h11-14H,3-10H2,1-2H3,(H,17,19)(H,20,21).